The first-order valence-corrected chi connectivity index (χ1v) is 11.6. The minimum atomic E-state index is -0.604. The summed E-state index contributed by atoms with van der Waals surface area (Å²) in [7, 11) is 1.56. The van der Waals surface area contributed by atoms with Crippen LogP contribution in [0.25, 0.3) is 0 Å². The molecule has 182 valence electrons. The first kappa shape index (κ1) is 26.3. The quantitative estimate of drug-likeness (QED) is 0.151. The molecule has 35 heavy (non-hydrogen) atoms. The third kappa shape index (κ3) is 8.47. The highest BCUT2D eigenvalue weighted by atomic mass is 79.9. The Labute approximate surface area is 219 Å². The summed E-state index contributed by atoms with van der Waals surface area (Å²) in [5, 5.41) is 4.64. The van der Waals surface area contributed by atoms with Crippen molar-refractivity contribution in [2.45, 2.75) is 0 Å². The number of nitrogens with zero attached hydrogens (tertiary/aromatic N) is 1. The van der Waals surface area contributed by atoms with Crippen LogP contribution in [-0.4, -0.2) is 38.4 Å². The van der Waals surface area contributed by atoms with Crippen LogP contribution >= 0.6 is 39.1 Å². The minimum absolute atomic E-state index is 0.222. The monoisotopic (exact) mass is 580 g/mol. The SMILES string of the molecule is COc1ccc(OCC(=O)NN=Cc2ccc(OC(=O)COc3ccc(Cl)cc3Cl)cc2)c(Br)c1. The van der Waals surface area contributed by atoms with E-state index in [0.29, 0.717) is 43.1 Å². The summed E-state index contributed by atoms with van der Waals surface area (Å²) < 4.78 is 21.8. The molecule has 0 bridgehead atoms. The van der Waals surface area contributed by atoms with Crippen molar-refractivity contribution in [1.82, 2.24) is 5.43 Å². The molecular formula is C24H19BrCl2N2O6. The molecule has 3 rings (SSSR count). The van der Waals surface area contributed by atoms with Crippen molar-refractivity contribution in [3.05, 3.63) is 80.7 Å². The number of amides is 1. The summed E-state index contributed by atoms with van der Waals surface area (Å²) >= 11 is 15.2. The fraction of sp³-hybridized carbons (Fsp3) is 0.125. The van der Waals surface area contributed by atoms with E-state index in [1.807, 2.05) is 0 Å². The number of nitrogens with one attached hydrogen (secondary N) is 1. The Morgan fingerprint density at radius 3 is 2.31 bits per heavy atom. The highest BCUT2D eigenvalue weighted by molar-refractivity contribution is 9.10. The maximum atomic E-state index is 12.0. The third-order valence-electron chi connectivity index (χ3n) is 4.25. The van der Waals surface area contributed by atoms with E-state index in [1.165, 1.54) is 12.3 Å². The first-order valence-electron chi connectivity index (χ1n) is 10.0. The molecule has 0 spiro atoms. The zero-order valence-corrected chi connectivity index (χ0v) is 21.4. The number of methoxy groups -OCH3 is 1. The molecular weight excluding hydrogens is 563 g/mol. The lowest BCUT2D eigenvalue weighted by Gasteiger charge is -2.09. The Bertz CT molecular complexity index is 1220. The topological polar surface area (TPSA) is 95.5 Å². The minimum Gasteiger partial charge on any atom is -0.497 e. The van der Waals surface area contributed by atoms with Crippen LogP contribution in [0.5, 0.6) is 23.0 Å². The maximum Gasteiger partial charge on any atom is 0.349 e. The maximum absolute atomic E-state index is 12.0. The van der Waals surface area contributed by atoms with Crippen LogP contribution in [0.3, 0.4) is 0 Å². The molecule has 8 nitrogen and oxygen atoms in total. The highest BCUT2D eigenvalue weighted by Crippen LogP contribution is 2.29. The van der Waals surface area contributed by atoms with Gasteiger partial charge in [-0.15, -0.1) is 0 Å². The summed E-state index contributed by atoms with van der Waals surface area (Å²) in [6.45, 7) is -0.549. The number of halogens is 3. The fourth-order valence-corrected chi connectivity index (χ4v) is 3.53. The van der Waals surface area contributed by atoms with Gasteiger partial charge in [0.15, 0.2) is 13.2 Å². The van der Waals surface area contributed by atoms with E-state index < -0.39 is 11.9 Å². The summed E-state index contributed by atoms with van der Waals surface area (Å²) in [5.41, 5.74) is 3.05. The molecule has 0 heterocycles. The van der Waals surface area contributed by atoms with Gasteiger partial charge in [0, 0.05) is 5.02 Å². The van der Waals surface area contributed by atoms with Gasteiger partial charge < -0.3 is 18.9 Å². The molecule has 3 aromatic carbocycles. The van der Waals surface area contributed by atoms with Crippen molar-refractivity contribution in [3.8, 4) is 23.0 Å². The molecule has 11 heteroatoms. The van der Waals surface area contributed by atoms with Gasteiger partial charge in [0.2, 0.25) is 0 Å². The number of carbonyl (C=O) groups is 2. The van der Waals surface area contributed by atoms with Crippen LogP contribution in [0.4, 0.5) is 0 Å². The van der Waals surface area contributed by atoms with Gasteiger partial charge in [-0.3, -0.25) is 4.79 Å². The van der Waals surface area contributed by atoms with Crippen LogP contribution in [0.15, 0.2) is 70.2 Å². The number of esters is 1. The smallest absolute Gasteiger partial charge is 0.349 e. The Hall–Kier alpha value is -3.27. The van der Waals surface area contributed by atoms with E-state index in [2.05, 4.69) is 26.5 Å². The molecule has 1 amide bonds. The van der Waals surface area contributed by atoms with Gasteiger partial charge in [0.05, 0.1) is 22.8 Å². The number of carbonyl (C=O) groups excluding carboxylic acids is 2. The second-order valence-corrected chi connectivity index (χ2v) is 8.48. The van der Waals surface area contributed by atoms with Gasteiger partial charge in [0.25, 0.3) is 5.91 Å². The summed E-state index contributed by atoms with van der Waals surface area (Å²) in [5.74, 6) is 0.764. The molecule has 0 saturated carbocycles. The Morgan fingerprint density at radius 2 is 1.63 bits per heavy atom. The average molecular weight is 582 g/mol. The van der Waals surface area contributed by atoms with Gasteiger partial charge in [-0.2, -0.15) is 5.10 Å². The number of ether oxygens (including phenoxy) is 4. The molecule has 0 radical (unpaired) electrons. The Morgan fingerprint density at radius 1 is 0.943 bits per heavy atom. The van der Waals surface area contributed by atoms with Crippen molar-refractivity contribution in [3.63, 3.8) is 0 Å². The number of benzene rings is 3. The third-order valence-corrected chi connectivity index (χ3v) is 5.40. The van der Waals surface area contributed by atoms with E-state index in [9.17, 15) is 9.59 Å². The van der Waals surface area contributed by atoms with Crippen molar-refractivity contribution < 1.29 is 28.5 Å². The highest BCUT2D eigenvalue weighted by Gasteiger charge is 2.09. The zero-order valence-electron chi connectivity index (χ0n) is 18.3. The Balaban J connectivity index is 1.41. The average Bonchev–Trinajstić information content (AvgIpc) is 2.83. The van der Waals surface area contributed by atoms with Crippen molar-refractivity contribution in [2.75, 3.05) is 20.3 Å². The van der Waals surface area contributed by atoms with Crippen molar-refractivity contribution in [1.29, 1.82) is 0 Å². The first-order chi connectivity index (χ1) is 16.8. The predicted molar refractivity (Wildman–Crippen MR) is 136 cm³/mol. The molecule has 3 aromatic rings. The molecule has 0 fully saturated rings. The zero-order chi connectivity index (χ0) is 25.2. The summed E-state index contributed by atoms with van der Waals surface area (Å²) in [6, 6.07) is 16.3. The van der Waals surface area contributed by atoms with E-state index >= 15 is 0 Å². The molecule has 1 N–H and O–H groups in total. The van der Waals surface area contributed by atoms with Crippen LogP contribution in [0, 0.1) is 0 Å². The number of rotatable bonds is 10. The molecule has 0 unspecified atom stereocenters. The fourth-order valence-electron chi connectivity index (χ4n) is 2.59. The van der Waals surface area contributed by atoms with Crippen molar-refractivity contribution in [2.24, 2.45) is 5.10 Å². The predicted octanol–water partition coefficient (Wildman–Crippen LogP) is 5.28. The van der Waals surface area contributed by atoms with Gasteiger partial charge in [-0.25, -0.2) is 10.2 Å². The number of hydrogen-bond donors (Lipinski definition) is 1. The second-order valence-electron chi connectivity index (χ2n) is 6.78. The lowest BCUT2D eigenvalue weighted by Crippen LogP contribution is -2.24. The van der Waals surface area contributed by atoms with E-state index in [0.717, 1.165) is 0 Å². The molecule has 0 aliphatic heterocycles. The molecule has 0 aliphatic carbocycles. The van der Waals surface area contributed by atoms with Crippen LogP contribution in [0.1, 0.15) is 5.56 Å². The van der Waals surface area contributed by atoms with E-state index in [1.54, 1.807) is 61.7 Å². The lowest BCUT2D eigenvalue weighted by molar-refractivity contribution is -0.136. The van der Waals surface area contributed by atoms with Crippen molar-refractivity contribution >= 4 is 57.2 Å². The van der Waals surface area contributed by atoms with Gasteiger partial charge in [-0.05, 0) is 82.2 Å². The lowest BCUT2D eigenvalue weighted by atomic mass is 10.2. The molecule has 0 atom stereocenters. The Kier molecular flexibility index (Phi) is 9.77. The number of hydrogen-bond acceptors (Lipinski definition) is 7. The largest absolute Gasteiger partial charge is 0.497 e. The summed E-state index contributed by atoms with van der Waals surface area (Å²) in [6.07, 6.45) is 1.44. The van der Waals surface area contributed by atoms with Crippen LogP contribution < -0.4 is 24.4 Å². The van der Waals surface area contributed by atoms with E-state index in [-0.39, 0.29) is 13.2 Å². The number of hydrazone groups is 1. The molecule has 0 aliphatic rings. The normalized spacial score (nSPS) is 10.6. The van der Waals surface area contributed by atoms with Gasteiger partial charge in [0.1, 0.15) is 23.0 Å². The molecule has 0 saturated heterocycles. The standard InChI is InChI=1S/C24H19BrCl2N2O6/c1-32-18-7-9-21(19(25)11-18)33-13-23(30)29-28-12-15-2-5-17(6-3-15)35-24(31)14-34-22-8-4-16(26)10-20(22)27/h2-12H,13-14H2,1H3,(H,29,30). The van der Waals surface area contributed by atoms with Gasteiger partial charge in [-0.1, -0.05) is 23.2 Å². The van der Waals surface area contributed by atoms with Crippen LogP contribution in [-0.2, 0) is 9.59 Å². The molecule has 0 aromatic heterocycles. The van der Waals surface area contributed by atoms with Gasteiger partial charge >= 0.3 is 5.97 Å². The second kappa shape index (κ2) is 13.0. The van der Waals surface area contributed by atoms with E-state index in [4.69, 9.17) is 42.1 Å². The van der Waals surface area contributed by atoms with Crippen LogP contribution in [0.2, 0.25) is 10.0 Å². The summed E-state index contributed by atoms with van der Waals surface area (Å²) in [4.78, 5) is 23.9.